The maximum absolute atomic E-state index is 11.5. The predicted octanol–water partition coefficient (Wildman–Crippen LogP) is 1.45. The van der Waals surface area contributed by atoms with Gasteiger partial charge >= 0.3 is 6.03 Å². The van der Waals surface area contributed by atoms with Crippen molar-refractivity contribution in [2.45, 2.75) is 13.5 Å². The lowest BCUT2D eigenvalue weighted by atomic mass is 10.1. The molecule has 1 fully saturated rings. The number of rotatable bonds is 2. The number of carbonyl (C=O) groups is 1. The van der Waals surface area contributed by atoms with Crippen LogP contribution in [0.1, 0.15) is 11.1 Å². The first-order chi connectivity index (χ1) is 8.69. The summed E-state index contributed by atoms with van der Waals surface area (Å²) < 4.78 is 0. The molecule has 98 valence electrons. The van der Waals surface area contributed by atoms with Crippen LogP contribution in [0.4, 0.5) is 4.79 Å². The zero-order chi connectivity index (χ0) is 13.0. The van der Waals surface area contributed by atoms with Gasteiger partial charge < -0.3 is 10.2 Å². The molecule has 1 heterocycles. The van der Waals surface area contributed by atoms with Crippen LogP contribution in [0.5, 0.6) is 0 Å². The molecule has 4 nitrogen and oxygen atoms in total. The molecular formula is C14H21N3O. The van der Waals surface area contributed by atoms with Gasteiger partial charge in [-0.25, -0.2) is 4.79 Å². The quantitative estimate of drug-likeness (QED) is 0.858. The molecule has 1 saturated heterocycles. The number of nitrogens with one attached hydrogen (secondary N) is 1. The van der Waals surface area contributed by atoms with Gasteiger partial charge in [0.15, 0.2) is 0 Å². The molecular weight excluding hydrogens is 226 g/mol. The van der Waals surface area contributed by atoms with Gasteiger partial charge in [-0.3, -0.25) is 4.90 Å². The molecule has 0 spiro atoms. The van der Waals surface area contributed by atoms with Crippen molar-refractivity contribution in [3.63, 3.8) is 0 Å². The Kier molecular flexibility index (Phi) is 4.20. The van der Waals surface area contributed by atoms with Crippen molar-refractivity contribution in [2.24, 2.45) is 0 Å². The molecule has 0 saturated carbocycles. The van der Waals surface area contributed by atoms with E-state index < -0.39 is 0 Å². The fraction of sp³-hybridized carbons (Fsp3) is 0.500. The van der Waals surface area contributed by atoms with E-state index in [1.165, 1.54) is 11.1 Å². The molecule has 4 heteroatoms. The van der Waals surface area contributed by atoms with Gasteiger partial charge in [0.05, 0.1) is 0 Å². The summed E-state index contributed by atoms with van der Waals surface area (Å²) in [5.74, 6) is 0. The van der Waals surface area contributed by atoms with Gasteiger partial charge in [0.25, 0.3) is 0 Å². The monoisotopic (exact) mass is 247 g/mol. The minimum absolute atomic E-state index is 0.0324. The molecule has 0 radical (unpaired) electrons. The van der Waals surface area contributed by atoms with E-state index in [0.717, 1.165) is 32.7 Å². The minimum atomic E-state index is 0.0324. The fourth-order valence-corrected chi connectivity index (χ4v) is 2.22. The van der Waals surface area contributed by atoms with Crippen LogP contribution in [0.15, 0.2) is 24.3 Å². The Bertz CT molecular complexity index is 394. The van der Waals surface area contributed by atoms with E-state index in [1.807, 2.05) is 4.90 Å². The van der Waals surface area contributed by atoms with Crippen molar-refractivity contribution >= 4 is 6.03 Å². The van der Waals surface area contributed by atoms with E-state index in [9.17, 15) is 4.79 Å². The summed E-state index contributed by atoms with van der Waals surface area (Å²) in [4.78, 5) is 15.7. The van der Waals surface area contributed by atoms with E-state index in [4.69, 9.17) is 0 Å². The molecule has 0 atom stereocenters. The van der Waals surface area contributed by atoms with Crippen LogP contribution < -0.4 is 5.32 Å². The van der Waals surface area contributed by atoms with Gasteiger partial charge in [0.2, 0.25) is 0 Å². The molecule has 2 rings (SSSR count). The molecule has 1 aliphatic heterocycles. The first-order valence-corrected chi connectivity index (χ1v) is 6.43. The fourth-order valence-electron chi connectivity index (χ4n) is 2.22. The molecule has 0 aromatic heterocycles. The van der Waals surface area contributed by atoms with Crippen molar-refractivity contribution in [3.8, 4) is 0 Å². The lowest BCUT2D eigenvalue weighted by molar-refractivity contribution is 0.136. The average Bonchev–Trinajstić information content (AvgIpc) is 2.41. The molecule has 0 unspecified atom stereocenters. The zero-order valence-electron chi connectivity index (χ0n) is 11.1. The highest BCUT2D eigenvalue weighted by molar-refractivity contribution is 5.73. The standard InChI is InChI=1S/C14H21N3O/c1-12-3-5-13(6-4-12)11-16-7-9-17(10-8-16)14(18)15-2/h3-6H,7-11H2,1-2H3,(H,15,18). The summed E-state index contributed by atoms with van der Waals surface area (Å²) in [6.07, 6.45) is 0. The summed E-state index contributed by atoms with van der Waals surface area (Å²) in [5.41, 5.74) is 2.64. The third-order valence-electron chi connectivity index (χ3n) is 3.40. The van der Waals surface area contributed by atoms with Gasteiger partial charge in [0, 0.05) is 39.8 Å². The average molecular weight is 247 g/mol. The summed E-state index contributed by atoms with van der Waals surface area (Å²) in [6, 6.07) is 8.69. The van der Waals surface area contributed by atoms with Crippen LogP contribution in [-0.4, -0.2) is 49.1 Å². The highest BCUT2D eigenvalue weighted by Gasteiger charge is 2.19. The summed E-state index contributed by atoms with van der Waals surface area (Å²) in [5, 5.41) is 2.67. The molecule has 0 aliphatic carbocycles. The Labute approximate surface area is 109 Å². The van der Waals surface area contributed by atoms with E-state index in [-0.39, 0.29) is 6.03 Å². The third-order valence-corrected chi connectivity index (χ3v) is 3.40. The first kappa shape index (κ1) is 12.9. The lowest BCUT2D eigenvalue weighted by Gasteiger charge is -2.34. The van der Waals surface area contributed by atoms with Crippen LogP contribution in [0, 0.1) is 6.92 Å². The van der Waals surface area contributed by atoms with Crippen LogP contribution in [0.3, 0.4) is 0 Å². The first-order valence-electron chi connectivity index (χ1n) is 6.43. The molecule has 1 aromatic rings. The van der Waals surface area contributed by atoms with Crippen molar-refractivity contribution in [3.05, 3.63) is 35.4 Å². The SMILES string of the molecule is CNC(=O)N1CCN(Cc2ccc(C)cc2)CC1. The highest BCUT2D eigenvalue weighted by Crippen LogP contribution is 2.09. The molecule has 1 N–H and O–H groups in total. The topological polar surface area (TPSA) is 35.6 Å². The van der Waals surface area contributed by atoms with Crippen LogP contribution >= 0.6 is 0 Å². The van der Waals surface area contributed by atoms with Crippen molar-refractivity contribution in [2.75, 3.05) is 33.2 Å². The molecule has 1 aliphatic rings. The maximum Gasteiger partial charge on any atom is 0.317 e. The molecule has 0 bridgehead atoms. The number of aryl methyl sites for hydroxylation is 1. The number of amides is 2. The summed E-state index contributed by atoms with van der Waals surface area (Å²) in [6.45, 7) is 6.59. The Morgan fingerprint density at radius 2 is 1.78 bits per heavy atom. The second-order valence-electron chi connectivity index (χ2n) is 4.80. The maximum atomic E-state index is 11.5. The van der Waals surface area contributed by atoms with Crippen molar-refractivity contribution < 1.29 is 4.79 Å². The predicted molar refractivity (Wildman–Crippen MR) is 72.5 cm³/mol. The van der Waals surface area contributed by atoms with E-state index in [0.29, 0.717) is 0 Å². The number of piperazine rings is 1. The van der Waals surface area contributed by atoms with E-state index in [1.54, 1.807) is 7.05 Å². The van der Waals surface area contributed by atoms with Gasteiger partial charge in [-0.15, -0.1) is 0 Å². The Balaban J connectivity index is 1.83. The number of hydrogen-bond acceptors (Lipinski definition) is 2. The van der Waals surface area contributed by atoms with Gasteiger partial charge in [-0.2, -0.15) is 0 Å². The Hall–Kier alpha value is -1.55. The largest absolute Gasteiger partial charge is 0.341 e. The summed E-state index contributed by atoms with van der Waals surface area (Å²) in [7, 11) is 1.68. The lowest BCUT2D eigenvalue weighted by Crippen LogP contribution is -2.50. The van der Waals surface area contributed by atoms with E-state index >= 15 is 0 Å². The van der Waals surface area contributed by atoms with Crippen molar-refractivity contribution in [1.82, 2.24) is 15.1 Å². The second kappa shape index (κ2) is 5.87. The van der Waals surface area contributed by atoms with Crippen LogP contribution in [-0.2, 0) is 6.54 Å². The normalized spacial score (nSPS) is 16.7. The second-order valence-corrected chi connectivity index (χ2v) is 4.80. The molecule has 1 aromatic carbocycles. The van der Waals surface area contributed by atoms with Gasteiger partial charge in [-0.1, -0.05) is 29.8 Å². The number of benzene rings is 1. The smallest absolute Gasteiger partial charge is 0.317 e. The number of carbonyl (C=O) groups excluding carboxylic acids is 1. The Morgan fingerprint density at radius 1 is 1.17 bits per heavy atom. The van der Waals surface area contributed by atoms with Crippen LogP contribution in [0.2, 0.25) is 0 Å². The molecule has 18 heavy (non-hydrogen) atoms. The third kappa shape index (κ3) is 3.23. The summed E-state index contributed by atoms with van der Waals surface area (Å²) >= 11 is 0. The molecule has 2 amide bonds. The van der Waals surface area contributed by atoms with Crippen LogP contribution in [0.25, 0.3) is 0 Å². The van der Waals surface area contributed by atoms with Gasteiger partial charge in [-0.05, 0) is 12.5 Å². The van der Waals surface area contributed by atoms with Crippen molar-refractivity contribution in [1.29, 1.82) is 0 Å². The minimum Gasteiger partial charge on any atom is -0.341 e. The Morgan fingerprint density at radius 3 is 2.33 bits per heavy atom. The number of urea groups is 1. The highest BCUT2D eigenvalue weighted by atomic mass is 16.2. The van der Waals surface area contributed by atoms with Gasteiger partial charge in [0.1, 0.15) is 0 Å². The number of nitrogens with zero attached hydrogens (tertiary/aromatic N) is 2. The number of hydrogen-bond donors (Lipinski definition) is 1. The zero-order valence-corrected chi connectivity index (χ0v) is 11.1. The van der Waals surface area contributed by atoms with E-state index in [2.05, 4.69) is 41.4 Å².